The molecule has 17 heavy (non-hydrogen) atoms. The Morgan fingerprint density at radius 2 is 1.94 bits per heavy atom. The number of para-hydroxylation sites is 1. The van der Waals surface area contributed by atoms with Gasteiger partial charge in [-0.3, -0.25) is 4.79 Å². The molecule has 0 saturated heterocycles. The SMILES string of the molecule is CC(C)(C)OC(=O)CCOc1ccccc1I. The summed E-state index contributed by atoms with van der Waals surface area (Å²) in [5.74, 6) is 0.570. The van der Waals surface area contributed by atoms with Gasteiger partial charge in [0.15, 0.2) is 0 Å². The molecule has 0 atom stereocenters. The fraction of sp³-hybridized carbons (Fsp3) is 0.462. The highest BCUT2D eigenvalue weighted by Crippen LogP contribution is 2.19. The second-order valence-corrected chi connectivity index (χ2v) is 5.78. The van der Waals surface area contributed by atoms with Gasteiger partial charge in [-0.15, -0.1) is 0 Å². The highest BCUT2D eigenvalue weighted by Gasteiger charge is 2.16. The van der Waals surface area contributed by atoms with Crippen molar-refractivity contribution in [2.45, 2.75) is 32.8 Å². The number of benzene rings is 1. The molecule has 0 aliphatic carbocycles. The molecule has 0 aliphatic heterocycles. The van der Waals surface area contributed by atoms with E-state index in [2.05, 4.69) is 22.6 Å². The van der Waals surface area contributed by atoms with E-state index < -0.39 is 5.60 Å². The van der Waals surface area contributed by atoms with Crippen molar-refractivity contribution in [3.63, 3.8) is 0 Å². The van der Waals surface area contributed by atoms with E-state index in [4.69, 9.17) is 9.47 Å². The summed E-state index contributed by atoms with van der Waals surface area (Å²) in [6.45, 7) is 5.90. The van der Waals surface area contributed by atoms with Gasteiger partial charge in [0.05, 0.1) is 16.6 Å². The highest BCUT2D eigenvalue weighted by atomic mass is 127. The molecule has 0 spiro atoms. The molecular weight excluding hydrogens is 331 g/mol. The molecule has 0 fully saturated rings. The first-order chi connectivity index (χ1) is 7.88. The van der Waals surface area contributed by atoms with Crippen molar-refractivity contribution in [1.82, 2.24) is 0 Å². The lowest BCUT2D eigenvalue weighted by molar-refractivity contribution is -0.155. The Kier molecular flexibility index (Phi) is 5.24. The number of rotatable bonds is 4. The van der Waals surface area contributed by atoms with Crippen molar-refractivity contribution in [1.29, 1.82) is 0 Å². The van der Waals surface area contributed by atoms with Crippen LogP contribution in [0.15, 0.2) is 24.3 Å². The van der Waals surface area contributed by atoms with Gasteiger partial charge < -0.3 is 9.47 Å². The zero-order chi connectivity index (χ0) is 12.9. The van der Waals surface area contributed by atoms with Crippen molar-refractivity contribution < 1.29 is 14.3 Å². The van der Waals surface area contributed by atoms with Gasteiger partial charge in [0.1, 0.15) is 11.4 Å². The van der Waals surface area contributed by atoms with Gasteiger partial charge in [0.25, 0.3) is 0 Å². The smallest absolute Gasteiger partial charge is 0.309 e. The van der Waals surface area contributed by atoms with Gasteiger partial charge in [-0.05, 0) is 55.5 Å². The number of hydrogen-bond donors (Lipinski definition) is 0. The maximum atomic E-state index is 11.4. The molecule has 0 amide bonds. The minimum absolute atomic E-state index is 0.233. The van der Waals surface area contributed by atoms with Crippen molar-refractivity contribution in [2.75, 3.05) is 6.61 Å². The van der Waals surface area contributed by atoms with E-state index in [1.54, 1.807) is 0 Å². The minimum Gasteiger partial charge on any atom is -0.492 e. The summed E-state index contributed by atoms with van der Waals surface area (Å²) in [4.78, 5) is 11.4. The van der Waals surface area contributed by atoms with Crippen LogP contribution in [0.1, 0.15) is 27.2 Å². The van der Waals surface area contributed by atoms with E-state index in [9.17, 15) is 4.79 Å². The predicted octanol–water partition coefficient (Wildman–Crippen LogP) is 3.40. The average Bonchev–Trinajstić information content (AvgIpc) is 2.18. The second kappa shape index (κ2) is 6.23. The molecule has 0 heterocycles. The summed E-state index contributed by atoms with van der Waals surface area (Å²) in [5.41, 5.74) is -0.432. The van der Waals surface area contributed by atoms with Crippen LogP contribution in [0.3, 0.4) is 0 Å². The molecule has 94 valence electrons. The Balaban J connectivity index is 2.34. The maximum absolute atomic E-state index is 11.4. The fourth-order valence-electron chi connectivity index (χ4n) is 1.20. The van der Waals surface area contributed by atoms with Crippen molar-refractivity contribution in [2.24, 2.45) is 0 Å². The minimum atomic E-state index is -0.432. The summed E-state index contributed by atoms with van der Waals surface area (Å²) >= 11 is 2.20. The van der Waals surface area contributed by atoms with Crippen molar-refractivity contribution in [3.05, 3.63) is 27.8 Å². The zero-order valence-corrected chi connectivity index (χ0v) is 12.5. The van der Waals surface area contributed by atoms with Gasteiger partial charge in [0.2, 0.25) is 0 Å². The maximum Gasteiger partial charge on any atom is 0.309 e. The third-order valence-corrected chi connectivity index (χ3v) is 2.71. The molecule has 0 saturated carbocycles. The first-order valence-corrected chi connectivity index (χ1v) is 6.55. The zero-order valence-electron chi connectivity index (χ0n) is 10.3. The van der Waals surface area contributed by atoms with Gasteiger partial charge in [-0.25, -0.2) is 0 Å². The summed E-state index contributed by atoms with van der Waals surface area (Å²) in [6, 6.07) is 7.70. The van der Waals surface area contributed by atoms with E-state index in [0.717, 1.165) is 9.32 Å². The van der Waals surface area contributed by atoms with Crippen LogP contribution >= 0.6 is 22.6 Å². The second-order valence-electron chi connectivity index (χ2n) is 4.62. The van der Waals surface area contributed by atoms with Crippen LogP contribution in [-0.2, 0) is 9.53 Å². The summed E-state index contributed by atoms with van der Waals surface area (Å²) in [6.07, 6.45) is 0.266. The fourth-order valence-corrected chi connectivity index (χ4v) is 1.74. The Labute approximate surface area is 116 Å². The number of hydrogen-bond acceptors (Lipinski definition) is 3. The Morgan fingerprint density at radius 1 is 1.29 bits per heavy atom. The molecule has 4 heteroatoms. The first-order valence-electron chi connectivity index (χ1n) is 5.48. The topological polar surface area (TPSA) is 35.5 Å². The normalized spacial score (nSPS) is 11.1. The highest BCUT2D eigenvalue weighted by molar-refractivity contribution is 14.1. The van der Waals surface area contributed by atoms with Crippen LogP contribution in [0.4, 0.5) is 0 Å². The molecule has 1 aromatic carbocycles. The van der Waals surface area contributed by atoms with Crippen LogP contribution in [0, 0.1) is 3.57 Å². The van der Waals surface area contributed by atoms with Crippen molar-refractivity contribution >= 4 is 28.6 Å². The predicted molar refractivity (Wildman–Crippen MR) is 75.1 cm³/mol. The van der Waals surface area contributed by atoms with Gasteiger partial charge in [-0.2, -0.15) is 0 Å². The van der Waals surface area contributed by atoms with Gasteiger partial charge in [-0.1, -0.05) is 12.1 Å². The quantitative estimate of drug-likeness (QED) is 0.618. The van der Waals surface area contributed by atoms with Crippen molar-refractivity contribution in [3.8, 4) is 5.75 Å². The third kappa shape index (κ3) is 5.91. The lowest BCUT2D eigenvalue weighted by atomic mass is 10.2. The number of ether oxygens (including phenoxy) is 2. The molecule has 0 unspecified atom stereocenters. The molecule has 0 N–H and O–H groups in total. The summed E-state index contributed by atoms with van der Waals surface area (Å²) in [5, 5.41) is 0. The molecule has 1 rings (SSSR count). The van der Waals surface area contributed by atoms with E-state index in [1.807, 2.05) is 45.0 Å². The lowest BCUT2D eigenvalue weighted by Gasteiger charge is -2.19. The van der Waals surface area contributed by atoms with Crippen LogP contribution in [0.25, 0.3) is 0 Å². The lowest BCUT2D eigenvalue weighted by Crippen LogP contribution is -2.24. The van der Waals surface area contributed by atoms with Crippen LogP contribution < -0.4 is 4.74 Å². The van der Waals surface area contributed by atoms with E-state index in [0.29, 0.717) is 6.61 Å². The number of halogens is 1. The summed E-state index contributed by atoms with van der Waals surface area (Å²) in [7, 11) is 0. The molecule has 0 radical (unpaired) electrons. The number of esters is 1. The Morgan fingerprint density at radius 3 is 2.53 bits per heavy atom. The van der Waals surface area contributed by atoms with E-state index in [1.165, 1.54) is 0 Å². The number of carbonyl (C=O) groups is 1. The van der Waals surface area contributed by atoms with Gasteiger partial charge in [0, 0.05) is 0 Å². The van der Waals surface area contributed by atoms with Crippen LogP contribution in [0.2, 0.25) is 0 Å². The van der Waals surface area contributed by atoms with E-state index in [-0.39, 0.29) is 12.4 Å². The van der Waals surface area contributed by atoms with Crippen LogP contribution in [0.5, 0.6) is 5.75 Å². The summed E-state index contributed by atoms with van der Waals surface area (Å²) < 4.78 is 11.7. The largest absolute Gasteiger partial charge is 0.492 e. The first kappa shape index (κ1) is 14.3. The molecule has 1 aromatic rings. The molecule has 0 bridgehead atoms. The molecule has 3 nitrogen and oxygen atoms in total. The molecular formula is C13H17IO3. The monoisotopic (exact) mass is 348 g/mol. The van der Waals surface area contributed by atoms with Crippen LogP contribution in [-0.4, -0.2) is 18.2 Å². The Hall–Kier alpha value is -0.780. The van der Waals surface area contributed by atoms with Gasteiger partial charge >= 0.3 is 5.97 Å². The molecule has 0 aromatic heterocycles. The number of carbonyl (C=O) groups excluding carboxylic acids is 1. The standard InChI is InChI=1S/C13H17IO3/c1-13(2,3)17-12(15)8-9-16-11-7-5-4-6-10(11)14/h4-7H,8-9H2,1-3H3. The Bertz CT molecular complexity index is 382. The van der Waals surface area contributed by atoms with E-state index >= 15 is 0 Å². The third-order valence-electron chi connectivity index (χ3n) is 1.82. The average molecular weight is 348 g/mol. The molecule has 0 aliphatic rings.